The molecule has 1 rings (SSSR count). The molecule has 1 aliphatic carbocycles. The summed E-state index contributed by atoms with van der Waals surface area (Å²) in [5, 5.41) is 7.20. The predicted molar refractivity (Wildman–Crippen MR) is 60.7 cm³/mol. The second kappa shape index (κ2) is 6.02. The molecule has 0 aliphatic heterocycles. The zero-order valence-electron chi connectivity index (χ0n) is 9.26. The Bertz CT molecular complexity index is 171. The van der Waals surface area contributed by atoms with E-state index in [0.717, 1.165) is 12.6 Å². The van der Waals surface area contributed by atoms with Gasteiger partial charge in [0.05, 0.1) is 5.84 Å². The summed E-state index contributed by atoms with van der Waals surface area (Å²) in [7, 11) is 2.17. The van der Waals surface area contributed by atoms with Crippen molar-refractivity contribution in [1.82, 2.24) is 4.90 Å². The number of nitrogens with zero attached hydrogens (tertiary/aromatic N) is 1. The monoisotopic (exact) mass is 197 g/mol. The standard InChI is InChI=1S/C11H23N3/c1-14(9-8-11(12)13)10-6-4-2-3-5-7-10/h10H,2-9H2,1H3,(H3,12,13). The molecule has 1 saturated carbocycles. The van der Waals surface area contributed by atoms with Crippen LogP contribution in [0.5, 0.6) is 0 Å². The van der Waals surface area contributed by atoms with Gasteiger partial charge in [-0.05, 0) is 19.9 Å². The third-order valence-electron chi connectivity index (χ3n) is 3.18. The van der Waals surface area contributed by atoms with Crippen LogP contribution >= 0.6 is 0 Å². The average Bonchev–Trinajstić information content (AvgIpc) is 2.42. The normalized spacial score (nSPS) is 19.6. The van der Waals surface area contributed by atoms with Crippen molar-refractivity contribution in [3.05, 3.63) is 0 Å². The molecule has 3 nitrogen and oxygen atoms in total. The molecule has 0 aromatic rings. The second-order valence-electron chi connectivity index (χ2n) is 4.40. The molecule has 0 aromatic carbocycles. The fourth-order valence-corrected chi connectivity index (χ4v) is 2.18. The van der Waals surface area contributed by atoms with Gasteiger partial charge in [0.15, 0.2) is 0 Å². The first kappa shape index (κ1) is 11.5. The molecule has 0 amide bonds. The molecular weight excluding hydrogens is 174 g/mol. The highest BCUT2D eigenvalue weighted by atomic mass is 15.1. The summed E-state index contributed by atoms with van der Waals surface area (Å²) < 4.78 is 0. The van der Waals surface area contributed by atoms with E-state index in [1.807, 2.05) is 0 Å². The summed E-state index contributed by atoms with van der Waals surface area (Å²) in [6.07, 6.45) is 8.91. The van der Waals surface area contributed by atoms with E-state index in [4.69, 9.17) is 11.1 Å². The van der Waals surface area contributed by atoms with Crippen molar-refractivity contribution in [2.24, 2.45) is 5.73 Å². The van der Waals surface area contributed by atoms with Crippen molar-refractivity contribution in [3.63, 3.8) is 0 Å². The first-order valence-corrected chi connectivity index (χ1v) is 5.73. The maximum absolute atomic E-state index is 7.20. The number of nitrogens with two attached hydrogens (primary N) is 1. The van der Waals surface area contributed by atoms with Crippen molar-refractivity contribution >= 4 is 5.84 Å². The molecule has 82 valence electrons. The zero-order valence-corrected chi connectivity index (χ0v) is 9.26. The van der Waals surface area contributed by atoms with Gasteiger partial charge < -0.3 is 10.6 Å². The Balaban J connectivity index is 2.26. The smallest absolute Gasteiger partial charge is 0.0918 e. The predicted octanol–water partition coefficient (Wildman–Crippen LogP) is 1.97. The van der Waals surface area contributed by atoms with Crippen LogP contribution in [0, 0.1) is 5.41 Å². The molecule has 0 bridgehead atoms. The van der Waals surface area contributed by atoms with Crippen LogP contribution in [0.1, 0.15) is 44.9 Å². The molecule has 0 atom stereocenters. The lowest BCUT2D eigenvalue weighted by molar-refractivity contribution is 0.226. The number of amidine groups is 1. The van der Waals surface area contributed by atoms with Gasteiger partial charge in [0.2, 0.25) is 0 Å². The molecule has 0 unspecified atom stereocenters. The molecule has 0 saturated heterocycles. The van der Waals surface area contributed by atoms with E-state index in [9.17, 15) is 0 Å². The van der Waals surface area contributed by atoms with Crippen LogP contribution in [0.4, 0.5) is 0 Å². The highest BCUT2D eigenvalue weighted by molar-refractivity contribution is 5.76. The minimum absolute atomic E-state index is 0.311. The Morgan fingerprint density at radius 1 is 1.29 bits per heavy atom. The Labute approximate surface area is 87.2 Å². The van der Waals surface area contributed by atoms with E-state index in [1.165, 1.54) is 38.5 Å². The Morgan fingerprint density at radius 3 is 2.36 bits per heavy atom. The number of nitrogens with one attached hydrogen (secondary N) is 1. The number of hydrogen-bond donors (Lipinski definition) is 2. The summed E-state index contributed by atoms with van der Waals surface area (Å²) in [5.41, 5.74) is 5.36. The lowest BCUT2D eigenvalue weighted by Gasteiger charge is -2.26. The molecule has 0 spiro atoms. The third kappa shape index (κ3) is 4.09. The van der Waals surface area contributed by atoms with Gasteiger partial charge in [-0.15, -0.1) is 0 Å². The van der Waals surface area contributed by atoms with Crippen molar-refractivity contribution < 1.29 is 0 Å². The van der Waals surface area contributed by atoms with E-state index < -0.39 is 0 Å². The highest BCUT2D eigenvalue weighted by Gasteiger charge is 2.16. The van der Waals surface area contributed by atoms with E-state index >= 15 is 0 Å². The lowest BCUT2D eigenvalue weighted by Crippen LogP contribution is -2.33. The number of hydrogen-bond acceptors (Lipinski definition) is 2. The molecule has 3 heteroatoms. The largest absolute Gasteiger partial charge is 0.388 e. The van der Waals surface area contributed by atoms with Crippen molar-refractivity contribution in [2.45, 2.75) is 51.0 Å². The van der Waals surface area contributed by atoms with Crippen molar-refractivity contribution in [2.75, 3.05) is 13.6 Å². The zero-order chi connectivity index (χ0) is 10.4. The van der Waals surface area contributed by atoms with Crippen LogP contribution in [-0.4, -0.2) is 30.4 Å². The van der Waals surface area contributed by atoms with Crippen LogP contribution in [0.15, 0.2) is 0 Å². The molecule has 0 heterocycles. The summed E-state index contributed by atoms with van der Waals surface area (Å²) >= 11 is 0. The van der Waals surface area contributed by atoms with E-state index in [1.54, 1.807) is 0 Å². The maximum atomic E-state index is 7.20. The van der Waals surface area contributed by atoms with Gasteiger partial charge in [0, 0.05) is 19.0 Å². The minimum atomic E-state index is 0.311. The first-order chi connectivity index (χ1) is 6.70. The summed E-state index contributed by atoms with van der Waals surface area (Å²) in [4.78, 5) is 2.38. The van der Waals surface area contributed by atoms with E-state index in [2.05, 4.69) is 11.9 Å². The summed E-state index contributed by atoms with van der Waals surface area (Å²) in [5.74, 6) is 0.311. The van der Waals surface area contributed by atoms with Gasteiger partial charge >= 0.3 is 0 Å². The fraction of sp³-hybridized carbons (Fsp3) is 0.909. The second-order valence-corrected chi connectivity index (χ2v) is 4.40. The van der Waals surface area contributed by atoms with Crippen molar-refractivity contribution in [3.8, 4) is 0 Å². The SMILES string of the molecule is CN(CCC(=N)N)C1CCCCCC1. The Kier molecular flexibility index (Phi) is 4.94. The summed E-state index contributed by atoms with van der Waals surface area (Å²) in [6, 6.07) is 0.733. The van der Waals surface area contributed by atoms with Gasteiger partial charge in [-0.25, -0.2) is 0 Å². The van der Waals surface area contributed by atoms with Gasteiger partial charge in [-0.2, -0.15) is 0 Å². The molecule has 3 N–H and O–H groups in total. The quantitative estimate of drug-likeness (QED) is 0.411. The Hall–Kier alpha value is -0.570. The van der Waals surface area contributed by atoms with Crippen LogP contribution < -0.4 is 5.73 Å². The van der Waals surface area contributed by atoms with Crippen LogP contribution in [0.3, 0.4) is 0 Å². The summed E-state index contributed by atoms with van der Waals surface area (Å²) in [6.45, 7) is 0.944. The number of rotatable bonds is 4. The van der Waals surface area contributed by atoms with E-state index in [0.29, 0.717) is 12.3 Å². The van der Waals surface area contributed by atoms with Crippen LogP contribution in [-0.2, 0) is 0 Å². The molecule has 14 heavy (non-hydrogen) atoms. The van der Waals surface area contributed by atoms with Gasteiger partial charge in [-0.3, -0.25) is 5.41 Å². The average molecular weight is 197 g/mol. The third-order valence-corrected chi connectivity index (χ3v) is 3.18. The van der Waals surface area contributed by atoms with Crippen molar-refractivity contribution in [1.29, 1.82) is 5.41 Å². The maximum Gasteiger partial charge on any atom is 0.0918 e. The minimum Gasteiger partial charge on any atom is -0.388 e. The van der Waals surface area contributed by atoms with Crippen LogP contribution in [0.2, 0.25) is 0 Å². The van der Waals surface area contributed by atoms with E-state index in [-0.39, 0.29) is 0 Å². The molecular formula is C11H23N3. The molecule has 1 fully saturated rings. The van der Waals surface area contributed by atoms with Gasteiger partial charge in [0.25, 0.3) is 0 Å². The molecule has 0 radical (unpaired) electrons. The first-order valence-electron chi connectivity index (χ1n) is 5.73. The lowest BCUT2D eigenvalue weighted by atomic mass is 10.1. The van der Waals surface area contributed by atoms with Gasteiger partial charge in [-0.1, -0.05) is 25.7 Å². The fourth-order valence-electron chi connectivity index (χ4n) is 2.18. The van der Waals surface area contributed by atoms with Crippen LogP contribution in [0.25, 0.3) is 0 Å². The topological polar surface area (TPSA) is 53.1 Å². The molecule has 0 aromatic heterocycles. The molecule has 1 aliphatic rings. The Morgan fingerprint density at radius 2 is 1.86 bits per heavy atom. The highest BCUT2D eigenvalue weighted by Crippen LogP contribution is 2.20. The van der Waals surface area contributed by atoms with Gasteiger partial charge in [0.1, 0.15) is 0 Å².